The van der Waals surface area contributed by atoms with Gasteiger partial charge < -0.3 is 0 Å². The third-order valence-corrected chi connectivity index (χ3v) is 2.34. The quantitative estimate of drug-likeness (QED) is 0.740. The van der Waals surface area contributed by atoms with Gasteiger partial charge in [-0.05, 0) is 30.2 Å². The van der Waals surface area contributed by atoms with Gasteiger partial charge in [0.25, 0.3) is 0 Å². The summed E-state index contributed by atoms with van der Waals surface area (Å²) in [5.74, 6) is 0.465. The second-order valence-corrected chi connectivity index (χ2v) is 3.84. The molecule has 2 heteroatoms. The Labute approximate surface area is 90.0 Å². The van der Waals surface area contributed by atoms with Gasteiger partial charge in [-0.2, -0.15) is 0 Å². The van der Waals surface area contributed by atoms with Gasteiger partial charge in [-0.3, -0.25) is 9.97 Å². The maximum atomic E-state index is 4.61. The fourth-order valence-electron chi connectivity index (χ4n) is 1.46. The Balaban J connectivity index is 2.42. The topological polar surface area (TPSA) is 25.8 Å². The summed E-state index contributed by atoms with van der Waals surface area (Å²) >= 11 is 0. The van der Waals surface area contributed by atoms with Gasteiger partial charge in [-0.15, -0.1) is 0 Å². The Kier molecular flexibility index (Phi) is 2.77. The lowest BCUT2D eigenvalue weighted by Gasteiger charge is -2.06. The molecule has 0 saturated carbocycles. The molecule has 2 aromatic rings. The van der Waals surface area contributed by atoms with Gasteiger partial charge in [0, 0.05) is 23.7 Å². The molecule has 0 radical (unpaired) electrons. The third-order valence-electron chi connectivity index (χ3n) is 2.34. The van der Waals surface area contributed by atoms with Crippen LogP contribution in [0.1, 0.15) is 25.5 Å². The smallest absolute Gasteiger partial charge is 0.0706 e. The van der Waals surface area contributed by atoms with Crippen LogP contribution in [0.5, 0.6) is 0 Å². The molecule has 0 saturated heterocycles. The average Bonchev–Trinajstić information content (AvgIpc) is 2.30. The van der Waals surface area contributed by atoms with E-state index in [1.54, 1.807) is 12.4 Å². The van der Waals surface area contributed by atoms with Gasteiger partial charge in [-0.25, -0.2) is 0 Å². The lowest BCUT2D eigenvalue weighted by Crippen LogP contribution is -1.93. The largest absolute Gasteiger partial charge is 0.265 e. The number of hydrogen-bond donors (Lipinski definition) is 0. The van der Waals surface area contributed by atoms with Crippen LogP contribution in [-0.4, -0.2) is 9.97 Å². The average molecular weight is 198 g/mol. The van der Waals surface area contributed by atoms with Crippen LogP contribution in [0.15, 0.2) is 42.7 Å². The van der Waals surface area contributed by atoms with E-state index in [9.17, 15) is 0 Å². The minimum atomic E-state index is 0.465. The maximum Gasteiger partial charge on any atom is 0.0706 e. The molecule has 0 bridgehead atoms. The minimum Gasteiger partial charge on any atom is -0.265 e. The van der Waals surface area contributed by atoms with Crippen LogP contribution >= 0.6 is 0 Å². The summed E-state index contributed by atoms with van der Waals surface area (Å²) in [5, 5.41) is 0. The van der Waals surface area contributed by atoms with Crippen LogP contribution in [0.2, 0.25) is 0 Å². The van der Waals surface area contributed by atoms with Gasteiger partial charge in [0.05, 0.1) is 5.69 Å². The third kappa shape index (κ3) is 2.21. The van der Waals surface area contributed by atoms with Crippen molar-refractivity contribution in [2.24, 2.45) is 0 Å². The predicted molar refractivity (Wildman–Crippen MR) is 61.6 cm³/mol. The summed E-state index contributed by atoms with van der Waals surface area (Å²) in [4.78, 5) is 8.62. The standard InChI is InChI=1S/C13H14N2/c1-10(2)12-4-3-5-13(15-12)11-6-8-14-9-7-11/h3-10H,1-2H3. The van der Waals surface area contributed by atoms with E-state index in [1.165, 1.54) is 0 Å². The molecule has 0 N–H and O–H groups in total. The molecule has 0 atom stereocenters. The Morgan fingerprint density at radius 3 is 2.40 bits per heavy atom. The second kappa shape index (κ2) is 4.22. The Hall–Kier alpha value is -1.70. The highest BCUT2D eigenvalue weighted by Crippen LogP contribution is 2.19. The molecule has 0 spiro atoms. The van der Waals surface area contributed by atoms with E-state index in [0.717, 1.165) is 17.0 Å². The molecule has 2 aromatic heterocycles. The van der Waals surface area contributed by atoms with E-state index < -0.39 is 0 Å². The first-order chi connectivity index (χ1) is 7.27. The van der Waals surface area contributed by atoms with Crippen molar-refractivity contribution in [1.82, 2.24) is 9.97 Å². The van der Waals surface area contributed by atoms with Crippen molar-refractivity contribution >= 4 is 0 Å². The van der Waals surface area contributed by atoms with Crippen LogP contribution in [0, 0.1) is 0 Å². The fourth-order valence-corrected chi connectivity index (χ4v) is 1.46. The summed E-state index contributed by atoms with van der Waals surface area (Å²) in [5.41, 5.74) is 3.26. The van der Waals surface area contributed by atoms with Crippen LogP contribution in [-0.2, 0) is 0 Å². The summed E-state index contributed by atoms with van der Waals surface area (Å²) < 4.78 is 0. The Morgan fingerprint density at radius 2 is 1.73 bits per heavy atom. The molecule has 0 fully saturated rings. The highest BCUT2D eigenvalue weighted by atomic mass is 14.7. The monoisotopic (exact) mass is 198 g/mol. The molecule has 0 unspecified atom stereocenters. The van der Waals surface area contributed by atoms with Crippen molar-refractivity contribution in [3.05, 3.63) is 48.4 Å². The number of hydrogen-bond acceptors (Lipinski definition) is 2. The fraction of sp³-hybridized carbons (Fsp3) is 0.231. The first-order valence-corrected chi connectivity index (χ1v) is 5.15. The molecular weight excluding hydrogens is 184 g/mol. The number of aromatic nitrogens is 2. The Morgan fingerprint density at radius 1 is 1.00 bits per heavy atom. The molecule has 2 rings (SSSR count). The zero-order valence-electron chi connectivity index (χ0n) is 9.01. The summed E-state index contributed by atoms with van der Waals surface area (Å²) in [6, 6.07) is 10.1. The first kappa shape index (κ1) is 9.84. The Bertz CT molecular complexity index is 435. The molecule has 0 amide bonds. The van der Waals surface area contributed by atoms with E-state index in [-0.39, 0.29) is 0 Å². The SMILES string of the molecule is CC(C)c1cccc(-c2ccncc2)n1. The molecular formula is C13H14N2. The number of pyridine rings is 2. The predicted octanol–water partition coefficient (Wildman–Crippen LogP) is 3.27. The highest BCUT2D eigenvalue weighted by Gasteiger charge is 2.03. The molecule has 76 valence electrons. The normalized spacial score (nSPS) is 10.6. The van der Waals surface area contributed by atoms with E-state index in [2.05, 4.69) is 35.9 Å². The number of rotatable bonds is 2. The maximum absolute atomic E-state index is 4.61. The van der Waals surface area contributed by atoms with Crippen LogP contribution < -0.4 is 0 Å². The summed E-state index contributed by atoms with van der Waals surface area (Å²) in [6.45, 7) is 4.30. The highest BCUT2D eigenvalue weighted by molar-refractivity contribution is 5.58. The molecule has 2 nitrogen and oxygen atoms in total. The molecule has 0 aliphatic carbocycles. The zero-order chi connectivity index (χ0) is 10.7. The summed E-state index contributed by atoms with van der Waals surface area (Å²) in [7, 11) is 0. The lowest BCUT2D eigenvalue weighted by atomic mass is 10.1. The van der Waals surface area contributed by atoms with Crippen molar-refractivity contribution < 1.29 is 0 Å². The molecule has 0 aliphatic rings. The van der Waals surface area contributed by atoms with Gasteiger partial charge in [-0.1, -0.05) is 19.9 Å². The van der Waals surface area contributed by atoms with Crippen LogP contribution in [0.4, 0.5) is 0 Å². The molecule has 2 heterocycles. The molecule has 0 aromatic carbocycles. The van der Waals surface area contributed by atoms with E-state index in [4.69, 9.17) is 0 Å². The van der Waals surface area contributed by atoms with Crippen molar-refractivity contribution in [2.75, 3.05) is 0 Å². The van der Waals surface area contributed by atoms with Gasteiger partial charge in [0.15, 0.2) is 0 Å². The van der Waals surface area contributed by atoms with Gasteiger partial charge in [0.1, 0.15) is 0 Å². The summed E-state index contributed by atoms with van der Waals surface area (Å²) in [6.07, 6.45) is 3.58. The van der Waals surface area contributed by atoms with Crippen molar-refractivity contribution in [2.45, 2.75) is 19.8 Å². The first-order valence-electron chi connectivity index (χ1n) is 5.15. The lowest BCUT2D eigenvalue weighted by molar-refractivity contribution is 0.824. The number of nitrogens with zero attached hydrogens (tertiary/aromatic N) is 2. The van der Waals surface area contributed by atoms with Crippen LogP contribution in [0.25, 0.3) is 11.3 Å². The van der Waals surface area contributed by atoms with Crippen molar-refractivity contribution in [3.8, 4) is 11.3 Å². The van der Waals surface area contributed by atoms with Crippen molar-refractivity contribution in [1.29, 1.82) is 0 Å². The molecule has 15 heavy (non-hydrogen) atoms. The molecule has 0 aliphatic heterocycles. The van der Waals surface area contributed by atoms with Gasteiger partial charge >= 0.3 is 0 Å². The minimum absolute atomic E-state index is 0.465. The van der Waals surface area contributed by atoms with E-state index >= 15 is 0 Å². The second-order valence-electron chi connectivity index (χ2n) is 3.84. The van der Waals surface area contributed by atoms with E-state index in [1.807, 2.05) is 18.2 Å². The zero-order valence-corrected chi connectivity index (χ0v) is 9.01. The van der Waals surface area contributed by atoms with Crippen LogP contribution in [0.3, 0.4) is 0 Å². The van der Waals surface area contributed by atoms with Crippen molar-refractivity contribution in [3.63, 3.8) is 0 Å². The van der Waals surface area contributed by atoms with E-state index in [0.29, 0.717) is 5.92 Å². The van der Waals surface area contributed by atoms with Gasteiger partial charge in [0.2, 0.25) is 0 Å².